The Hall–Kier alpha value is -2.37. The standard InChI is InChI=1S/C15H18N2O4/c1-8(2)12(14(19)20)17-13(18)11(16-15(17)21)10-6-4-9(3)5-7-10/h4-8,11-12H,1-3H3,(H,16,21)(H,19,20). The first-order valence-corrected chi connectivity index (χ1v) is 6.76. The van der Waals surface area contributed by atoms with Gasteiger partial charge in [0.2, 0.25) is 0 Å². The second kappa shape index (κ2) is 5.55. The van der Waals surface area contributed by atoms with Gasteiger partial charge in [0.25, 0.3) is 5.91 Å². The lowest BCUT2D eigenvalue weighted by Crippen LogP contribution is -2.48. The van der Waals surface area contributed by atoms with Gasteiger partial charge >= 0.3 is 12.0 Å². The summed E-state index contributed by atoms with van der Waals surface area (Å²) < 4.78 is 0. The maximum atomic E-state index is 12.4. The second-order valence-corrected chi connectivity index (χ2v) is 5.53. The lowest BCUT2D eigenvalue weighted by Gasteiger charge is -2.24. The molecule has 0 aromatic heterocycles. The molecule has 6 heteroatoms. The molecule has 0 spiro atoms. The number of aliphatic carboxylic acids is 1. The molecule has 2 N–H and O–H groups in total. The lowest BCUT2D eigenvalue weighted by atomic mass is 10.0. The van der Waals surface area contributed by atoms with Gasteiger partial charge in [0.1, 0.15) is 12.1 Å². The maximum Gasteiger partial charge on any atom is 0.327 e. The highest BCUT2D eigenvalue weighted by molar-refractivity contribution is 6.07. The summed E-state index contributed by atoms with van der Waals surface area (Å²) in [5, 5.41) is 11.8. The molecule has 2 unspecified atom stereocenters. The van der Waals surface area contributed by atoms with Crippen molar-refractivity contribution < 1.29 is 19.5 Å². The number of carbonyl (C=O) groups is 3. The number of carboxylic acid groups (broad SMARTS) is 1. The van der Waals surface area contributed by atoms with Crippen LogP contribution in [0.15, 0.2) is 24.3 Å². The molecule has 0 bridgehead atoms. The van der Waals surface area contributed by atoms with Crippen LogP contribution in [0.2, 0.25) is 0 Å². The van der Waals surface area contributed by atoms with Crippen molar-refractivity contribution in [1.29, 1.82) is 0 Å². The molecule has 1 saturated heterocycles. The Morgan fingerprint density at radius 2 is 1.81 bits per heavy atom. The van der Waals surface area contributed by atoms with Gasteiger partial charge in [-0.2, -0.15) is 0 Å². The quantitative estimate of drug-likeness (QED) is 0.826. The highest BCUT2D eigenvalue weighted by Crippen LogP contribution is 2.26. The first kappa shape index (κ1) is 15.0. The second-order valence-electron chi connectivity index (χ2n) is 5.53. The normalized spacial score (nSPS) is 19.8. The molecule has 21 heavy (non-hydrogen) atoms. The Morgan fingerprint density at radius 1 is 1.24 bits per heavy atom. The first-order chi connectivity index (χ1) is 9.82. The zero-order valence-corrected chi connectivity index (χ0v) is 12.2. The van der Waals surface area contributed by atoms with Crippen molar-refractivity contribution in [1.82, 2.24) is 10.2 Å². The molecule has 6 nitrogen and oxygen atoms in total. The number of urea groups is 1. The summed E-state index contributed by atoms with van der Waals surface area (Å²) in [6.45, 7) is 5.25. The summed E-state index contributed by atoms with van der Waals surface area (Å²) in [4.78, 5) is 36.6. The minimum atomic E-state index is -1.18. The van der Waals surface area contributed by atoms with Crippen LogP contribution >= 0.6 is 0 Å². The van der Waals surface area contributed by atoms with E-state index < -0.39 is 30.0 Å². The van der Waals surface area contributed by atoms with E-state index in [4.69, 9.17) is 0 Å². The van der Waals surface area contributed by atoms with Gasteiger partial charge in [-0.15, -0.1) is 0 Å². The maximum absolute atomic E-state index is 12.4. The van der Waals surface area contributed by atoms with E-state index in [-0.39, 0.29) is 5.92 Å². The molecule has 1 aliphatic heterocycles. The molecule has 2 atom stereocenters. The van der Waals surface area contributed by atoms with Crippen LogP contribution in [0.1, 0.15) is 31.0 Å². The summed E-state index contributed by atoms with van der Waals surface area (Å²) in [6.07, 6.45) is 0. The predicted molar refractivity (Wildman–Crippen MR) is 75.6 cm³/mol. The third kappa shape index (κ3) is 2.74. The number of imide groups is 1. The number of hydrogen-bond acceptors (Lipinski definition) is 3. The van der Waals surface area contributed by atoms with E-state index in [1.807, 2.05) is 19.1 Å². The molecule has 3 amide bonds. The number of carbonyl (C=O) groups excluding carboxylic acids is 2. The van der Waals surface area contributed by atoms with Gasteiger partial charge in [-0.25, -0.2) is 14.5 Å². The minimum Gasteiger partial charge on any atom is -0.480 e. The van der Waals surface area contributed by atoms with Crippen LogP contribution in [0, 0.1) is 12.8 Å². The number of benzene rings is 1. The Morgan fingerprint density at radius 3 is 2.29 bits per heavy atom. The van der Waals surface area contributed by atoms with Crippen molar-refractivity contribution in [3.63, 3.8) is 0 Å². The molecule has 1 aromatic carbocycles. The molecule has 2 rings (SSSR count). The van der Waals surface area contributed by atoms with Gasteiger partial charge in [0, 0.05) is 0 Å². The van der Waals surface area contributed by atoms with Gasteiger partial charge in [-0.05, 0) is 18.4 Å². The average Bonchev–Trinajstić information content (AvgIpc) is 2.67. The zero-order chi connectivity index (χ0) is 15.7. The van der Waals surface area contributed by atoms with Crippen LogP contribution in [-0.4, -0.2) is 34.0 Å². The Labute approximate surface area is 122 Å². The van der Waals surface area contributed by atoms with Crippen molar-refractivity contribution in [3.05, 3.63) is 35.4 Å². The van der Waals surface area contributed by atoms with Crippen LogP contribution < -0.4 is 5.32 Å². The molecular formula is C15H18N2O4. The molecule has 1 aliphatic rings. The van der Waals surface area contributed by atoms with Gasteiger partial charge in [-0.3, -0.25) is 4.79 Å². The molecule has 1 heterocycles. The summed E-state index contributed by atoms with van der Waals surface area (Å²) in [5.41, 5.74) is 1.69. The topological polar surface area (TPSA) is 86.7 Å². The van der Waals surface area contributed by atoms with Crippen LogP contribution in [-0.2, 0) is 9.59 Å². The molecule has 0 aliphatic carbocycles. The Kier molecular flexibility index (Phi) is 3.97. The number of carboxylic acids is 1. The molecule has 112 valence electrons. The van der Waals surface area contributed by atoms with Crippen LogP contribution in [0.4, 0.5) is 4.79 Å². The molecule has 1 fully saturated rings. The van der Waals surface area contributed by atoms with Crippen molar-refractivity contribution in [3.8, 4) is 0 Å². The largest absolute Gasteiger partial charge is 0.480 e. The van der Waals surface area contributed by atoms with Gasteiger partial charge in [-0.1, -0.05) is 43.7 Å². The van der Waals surface area contributed by atoms with Crippen molar-refractivity contribution in [2.75, 3.05) is 0 Å². The summed E-state index contributed by atoms with van der Waals surface area (Å²) in [5.74, 6) is -2.07. The van der Waals surface area contributed by atoms with Gasteiger partial charge in [0.15, 0.2) is 0 Å². The van der Waals surface area contributed by atoms with E-state index in [1.165, 1.54) is 0 Å². The molecular weight excluding hydrogens is 272 g/mol. The fourth-order valence-corrected chi connectivity index (χ4v) is 2.44. The van der Waals surface area contributed by atoms with E-state index >= 15 is 0 Å². The van der Waals surface area contributed by atoms with Crippen molar-refractivity contribution in [2.24, 2.45) is 5.92 Å². The SMILES string of the molecule is Cc1ccc(C2NC(=O)N(C(C(=O)O)C(C)C)C2=O)cc1. The number of rotatable bonds is 4. The molecule has 1 aromatic rings. The van der Waals surface area contributed by atoms with E-state index in [0.29, 0.717) is 5.56 Å². The fraction of sp³-hybridized carbons (Fsp3) is 0.400. The van der Waals surface area contributed by atoms with E-state index in [1.54, 1.807) is 26.0 Å². The molecule has 0 saturated carbocycles. The van der Waals surface area contributed by atoms with Crippen molar-refractivity contribution in [2.45, 2.75) is 32.9 Å². The van der Waals surface area contributed by atoms with Gasteiger partial charge < -0.3 is 10.4 Å². The lowest BCUT2D eigenvalue weighted by molar-refractivity contribution is -0.148. The smallest absolute Gasteiger partial charge is 0.327 e. The van der Waals surface area contributed by atoms with E-state index in [0.717, 1.165) is 10.5 Å². The average molecular weight is 290 g/mol. The van der Waals surface area contributed by atoms with E-state index in [2.05, 4.69) is 5.32 Å². The first-order valence-electron chi connectivity index (χ1n) is 6.76. The van der Waals surface area contributed by atoms with Crippen LogP contribution in [0.25, 0.3) is 0 Å². The third-order valence-electron chi connectivity index (χ3n) is 3.54. The number of aryl methyl sites for hydroxylation is 1. The summed E-state index contributed by atoms with van der Waals surface area (Å²) >= 11 is 0. The van der Waals surface area contributed by atoms with Gasteiger partial charge in [0.05, 0.1) is 0 Å². The van der Waals surface area contributed by atoms with Crippen LogP contribution in [0.5, 0.6) is 0 Å². The highest BCUT2D eigenvalue weighted by Gasteiger charge is 2.46. The minimum absolute atomic E-state index is 0.367. The number of hydrogen-bond donors (Lipinski definition) is 2. The number of nitrogens with one attached hydrogen (secondary N) is 1. The monoisotopic (exact) mass is 290 g/mol. The Bertz CT molecular complexity index is 580. The zero-order valence-electron chi connectivity index (χ0n) is 12.2. The highest BCUT2D eigenvalue weighted by atomic mass is 16.4. The molecule has 0 radical (unpaired) electrons. The third-order valence-corrected chi connectivity index (χ3v) is 3.54. The predicted octanol–water partition coefficient (Wildman–Crippen LogP) is 1.70. The number of amides is 3. The summed E-state index contributed by atoms with van der Waals surface area (Å²) in [7, 11) is 0. The van der Waals surface area contributed by atoms with Crippen LogP contribution in [0.3, 0.4) is 0 Å². The number of nitrogens with zero attached hydrogens (tertiary/aromatic N) is 1. The van der Waals surface area contributed by atoms with Crippen molar-refractivity contribution >= 4 is 17.9 Å². The van der Waals surface area contributed by atoms with E-state index in [9.17, 15) is 19.5 Å². The summed E-state index contributed by atoms with van der Waals surface area (Å²) in [6, 6.07) is 4.56. The Balaban J connectivity index is 2.31. The fourth-order valence-electron chi connectivity index (χ4n) is 2.44.